The second-order valence-corrected chi connectivity index (χ2v) is 6.06. The third-order valence-corrected chi connectivity index (χ3v) is 3.89. The van der Waals surface area contributed by atoms with Gasteiger partial charge in [0.15, 0.2) is 0 Å². The standard InChI is InChI=1S/C5H11NO9P2/c7-3-1-4(6-2-3)5(8)14-17(12,13)15-16(9,10)11/h3-4,6-7H,1-2H2,(H,12,13)(H2,9,10,11)/t3-,4+/m1/s1. The molecule has 5 N–H and O–H groups in total. The minimum absolute atomic E-state index is 0.0330. The van der Waals surface area contributed by atoms with E-state index in [1.807, 2.05) is 0 Å². The van der Waals surface area contributed by atoms with E-state index in [4.69, 9.17) is 19.8 Å². The summed E-state index contributed by atoms with van der Waals surface area (Å²) in [5, 5.41) is 11.6. The Morgan fingerprint density at radius 2 is 1.88 bits per heavy atom. The van der Waals surface area contributed by atoms with Crippen molar-refractivity contribution in [2.24, 2.45) is 0 Å². The molecule has 0 saturated carbocycles. The average Bonchev–Trinajstić information content (AvgIpc) is 2.45. The Balaban J connectivity index is 2.56. The van der Waals surface area contributed by atoms with Crippen LogP contribution in [0.1, 0.15) is 6.42 Å². The Kier molecular flexibility index (Phi) is 4.45. The molecule has 1 aliphatic rings. The number of hydrogen-bond acceptors (Lipinski definition) is 7. The summed E-state index contributed by atoms with van der Waals surface area (Å²) in [7, 11) is -10.4. The molecule has 0 aromatic heterocycles. The molecule has 0 aromatic rings. The van der Waals surface area contributed by atoms with E-state index in [1.54, 1.807) is 0 Å². The maximum Gasteiger partial charge on any atom is 0.538 e. The lowest BCUT2D eigenvalue weighted by Crippen LogP contribution is -2.31. The van der Waals surface area contributed by atoms with Crippen LogP contribution in [0.2, 0.25) is 0 Å². The van der Waals surface area contributed by atoms with Gasteiger partial charge in [-0.3, -0.25) is 4.89 Å². The second kappa shape index (κ2) is 5.13. The number of nitrogens with one attached hydrogen (secondary N) is 1. The van der Waals surface area contributed by atoms with Crippen molar-refractivity contribution in [3.63, 3.8) is 0 Å². The maximum absolute atomic E-state index is 11.2. The smallest absolute Gasteiger partial charge is 0.392 e. The lowest BCUT2D eigenvalue weighted by Gasteiger charge is -2.14. The zero-order valence-electron chi connectivity index (χ0n) is 8.29. The molecule has 0 spiro atoms. The van der Waals surface area contributed by atoms with Crippen LogP contribution in [0.3, 0.4) is 0 Å². The Morgan fingerprint density at radius 3 is 2.29 bits per heavy atom. The molecule has 1 aliphatic heterocycles. The van der Waals surface area contributed by atoms with E-state index in [2.05, 4.69) is 14.2 Å². The molecule has 1 heterocycles. The molecule has 0 amide bonds. The maximum atomic E-state index is 11.2. The molecule has 100 valence electrons. The first-order valence-corrected chi connectivity index (χ1v) is 7.36. The third-order valence-electron chi connectivity index (χ3n) is 1.81. The van der Waals surface area contributed by atoms with Crippen molar-refractivity contribution in [2.45, 2.75) is 18.6 Å². The van der Waals surface area contributed by atoms with Crippen LogP contribution in [0.4, 0.5) is 0 Å². The van der Waals surface area contributed by atoms with E-state index < -0.39 is 33.8 Å². The molecule has 0 aromatic carbocycles. The van der Waals surface area contributed by atoms with Crippen molar-refractivity contribution in [2.75, 3.05) is 6.54 Å². The summed E-state index contributed by atoms with van der Waals surface area (Å²) in [6.45, 7) is 0.106. The van der Waals surface area contributed by atoms with Gasteiger partial charge in [0.05, 0.1) is 6.10 Å². The van der Waals surface area contributed by atoms with Gasteiger partial charge in [-0.25, -0.2) is 13.9 Å². The molecule has 1 unspecified atom stereocenters. The molecule has 3 atom stereocenters. The summed E-state index contributed by atoms with van der Waals surface area (Å²) in [6, 6.07) is -1.02. The monoisotopic (exact) mass is 291 g/mol. The van der Waals surface area contributed by atoms with E-state index in [1.165, 1.54) is 0 Å². The van der Waals surface area contributed by atoms with Gasteiger partial charge in [-0.05, 0) is 0 Å². The highest BCUT2D eigenvalue weighted by Crippen LogP contribution is 2.57. The summed E-state index contributed by atoms with van der Waals surface area (Å²) >= 11 is 0. The molecule has 10 nitrogen and oxygen atoms in total. The Hall–Kier alpha value is -0.310. The number of carbonyl (C=O) groups excluding carboxylic acids is 1. The number of hydrogen-bond donors (Lipinski definition) is 5. The summed E-state index contributed by atoms with van der Waals surface area (Å²) < 4.78 is 28.6. The van der Waals surface area contributed by atoms with Crippen LogP contribution >= 0.6 is 15.6 Å². The van der Waals surface area contributed by atoms with Gasteiger partial charge in [-0.2, -0.15) is 4.31 Å². The van der Waals surface area contributed by atoms with Crippen LogP contribution in [0.5, 0.6) is 0 Å². The first-order chi connectivity index (χ1) is 7.59. The molecule has 0 bridgehead atoms. The van der Waals surface area contributed by atoms with Crippen molar-refractivity contribution >= 4 is 21.6 Å². The summed E-state index contributed by atoms with van der Waals surface area (Å²) in [5.74, 6) is -1.24. The van der Waals surface area contributed by atoms with Crippen LogP contribution in [0.15, 0.2) is 0 Å². The molecule has 17 heavy (non-hydrogen) atoms. The molecular formula is C5H11NO9P2. The number of aliphatic hydroxyl groups is 1. The van der Waals surface area contributed by atoms with Gasteiger partial charge in [0.25, 0.3) is 0 Å². The van der Waals surface area contributed by atoms with Gasteiger partial charge < -0.3 is 24.7 Å². The number of β-amino-alcohol motifs (C(OH)–C–C–N with tert-alkyl or cyclic N) is 1. The molecule has 1 fully saturated rings. The largest absolute Gasteiger partial charge is 0.538 e. The molecule has 0 aliphatic carbocycles. The van der Waals surface area contributed by atoms with Crippen molar-refractivity contribution in [3.05, 3.63) is 0 Å². The number of rotatable bonds is 4. The minimum Gasteiger partial charge on any atom is -0.392 e. The average molecular weight is 291 g/mol. The number of carbonyl (C=O) groups is 1. The van der Waals surface area contributed by atoms with Crippen molar-refractivity contribution in [1.29, 1.82) is 0 Å². The van der Waals surface area contributed by atoms with Crippen LogP contribution in [-0.4, -0.2) is 44.4 Å². The van der Waals surface area contributed by atoms with Gasteiger partial charge in [0, 0.05) is 13.0 Å². The van der Waals surface area contributed by atoms with Gasteiger partial charge >= 0.3 is 21.6 Å². The molecule has 1 saturated heterocycles. The van der Waals surface area contributed by atoms with E-state index in [0.29, 0.717) is 0 Å². The summed E-state index contributed by atoms with van der Waals surface area (Å²) in [5.41, 5.74) is 0. The Labute approximate surface area is 95.4 Å². The molecular weight excluding hydrogens is 280 g/mol. The normalized spacial score (nSPS) is 28.7. The predicted molar refractivity (Wildman–Crippen MR) is 51.5 cm³/mol. The molecule has 12 heteroatoms. The second-order valence-electron chi connectivity index (χ2n) is 3.30. The van der Waals surface area contributed by atoms with E-state index in [9.17, 15) is 13.9 Å². The first kappa shape index (κ1) is 14.7. The van der Waals surface area contributed by atoms with E-state index >= 15 is 0 Å². The van der Waals surface area contributed by atoms with Gasteiger partial charge in [-0.1, -0.05) is 0 Å². The Bertz CT molecular complexity index is 391. The summed E-state index contributed by atoms with van der Waals surface area (Å²) in [4.78, 5) is 36.7. The fourth-order valence-electron chi connectivity index (χ4n) is 1.22. The van der Waals surface area contributed by atoms with Gasteiger partial charge in [0.1, 0.15) is 6.04 Å². The zero-order valence-corrected chi connectivity index (χ0v) is 10.1. The fourth-order valence-corrected chi connectivity index (χ4v) is 2.79. The van der Waals surface area contributed by atoms with Crippen LogP contribution in [0.25, 0.3) is 0 Å². The van der Waals surface area contributed by atoms with E-state index in [-0.39, 0.29) is 13.0 Å². The quantitative estimate of drug-likeness (QED) is 0.383. The highest BCUT2D eigenvalue weighted by Gasteiger charge is 2.39. The van der Waals surface area contributed by atoms with E-state index in [0.717, 1.165) is 0 Å². The third kappa shape index (κ3) is 5.24. The number of phosphoric ester groups is 1. The van der Waals surface area contributed by atoms with Gasteiger partial charge in [-0.15, -0.1) is 0 Å². The first-order valence-electron chi connectivity index (χ1n) is 4.33. The van der Waals surface area contributed by atoms with Crippen LogP contribution in [0, 0.1) is 0 Å². The SMILES string of the molecule is O=C(OP(=O)(O)OP(=O)(O)O)[C@@H]1C[C@@H](O)CN1. The minimum atomic E-state index is -5.25. The highest BCUT2D eigenvalue weighted by atomic mass is 31.3. The highest BCUT2D eigenvalue weighted by molar-refractivity contribution is 7.61. The lowest BCUT2D eigenvalue weighted by molar-refractivity contribution is -0.137. The predicted octanol–water partition coefficient (Wildman–Crippen LogP) is -1.54. The number of phosphoric acid groups is 2. The fraction of sp³-hybridized carbons (Fsp3) is 0.800. The van der Waals surface area contributed by atoms with Crippen LogP contribution in [-0.2, 0) is 22.8 Å². The number of aliphatic hydroxyl groups excluding tert-OH is 1. The van der Waals surface area contributed by atoms with Gasteiger partial charge in [0.2, 0.25) is 0 Å². The Morgan fingerprint density at radius 1 is 1.29 bits per heavy atom. The zero-order chi connectivity index (χ0) is 13.3. The van der Waals surface area contributed by atoms with Crippen molar-refractivity contribution < 1.29 is 42.5 Å². The van der Waals surface area contributed by atoms with Crippen molar-refractivity contribution in [1.82, 2.24) is 5.32 Å². The summed E-state index contributed by atoms with van der Waals surface area (Å²) in [6.07, 6.45) is -0.831. The topological polar surface area (TPSA) is 163 Å². The molecule has 0 radical (unpaired) electrons. The van der Waals surface area contributed by atoms with Crippen molar-refractivity contribution in [3.8, 4) is 0 Å². The lowest BCUT2D eigenvalue weighted by atomic mass is 10.2. The van der Waals surface area contributed by atoms with Crippen LogP contribution < -0.4 is 5.32 Å². The molecule has 1 rings (SSSR count).